The van der Waals surface area contributed by atoms with Crippen LogP contribution in [0.25, 0.3) is 0 Å². The molecule has 1 amide bonds. The number of primary amides is 1. The van der Waals surface area contributed by atoms with Crippen molar-refractivity contribution in [2.75, 3.05) is 0 Å². The van der Waals surface area contributed by atoms with Gasteiger partial charge in [-0.2, -0.15) is 0 Å². The quantitative estimate of drug-likeness (QED) is 0.841. The Kier molecular flexibility index (Phi) is 3.97. The summed E-state index contributed by atoms with van der Waals surface area (Å²) in [6.45, 7) is 1.76. The van der Waals surface area contributed by atoms with Gasteiger partial charge in [0.25, 0.3) is 0 Å². The second-order valence-corrected chi connectivity index (χ2v) is 5.01. The number of hydrogen-bond acceptors (Lipinski definition) is 2. The zero-order valence-corrected chi connectivity index (χ0v) is 10.5. The van der Waals surface area contributed by atoms with E-state index in [-0.39, 0.29) is 23.8 Å². The molecule has 0 heterocycles. The molecule has 1 aromatic rings. The summed E-state index contributed by atoms with van der Waals surface area (Å²) in [7, 11) is 0. The van der Waals surface area contributed by atoms with E-state index in [0.29, 0.717) is 5.92 Å². The molecule has 3 nitrogen and oxygen atoms in total. The molecule has 1 fully saturated rings. The van der Waals surface area contributed by atoms with E-state index in [1.165, 1.54) is 18.6 Å². The number of hydrogen-bond donors (Lipinski definition) is 2. The van der Waals surface area contributed by atoms with E-state index in [9.17, 15) is 9.18 Å². The highest BCUT2D eigenvalue weighted by Crippen LogP contribution is 2.37. The van der Waals surface area contributed by atoms with Crippen LogP contribution in [0.3, 0.4) is 0 Å². The normalized spacial score (nSPS) is 19.0. The minimum absolute atomic E-state index is 0.0850. The smallest absolute Gasteiger partial charge is 0.234 e. The van der Waals surface area contributed by atoms with Crippen LogP contribution < -0.4 is 11.1 Å². The number of carbonyl (C=O) groups is 1. The van der Waals surface area contributed by atoms with Gasteiger partial charge in [0.15, 0.2) is 0 Å². The van der Waals surface area contributed by atoms with Gasteiger partial charge in [0.1, 0.15) is 5.82 Å². The Morgan fingerprint density at radius 1 is 1.39 bits per heavy atom. The van der Waals surface area contributed by atoms with Crippen molar-refractivity contribution in [3.63, 3.8) is 0 Å². The third-order valence-corrected chi connectivity index (χ3v) is 3.71. The molecule has 0 aliphatic heterocycles. The van der Waals surface area contributed by atoms with Gasteiger partial charge in [-0.05, 0) is 43.4 Å². The van der Waals surface area contributed by atoms with Crippen LogP contribution in [-0.4, -0.2) is 11.9 Å². The Bertz CT molecular complexity index is 414. The lowest BCUT2D eigenvalue weighted by atomic mass is 9.77. The fourth-order valence-corrected chi connectivity index (χ4v) is 2.30. The second kappa shape index (κ2) is 5.48. The monoisotopic (exact) mass is 250 g/mol. The third kappa shape index (κ3) is 2.88. The van der Waals surface area contributed by atoms with E-state index in [4.69, 9.17) is 5.73 Å². The highest BCUT2D eigenvalue weighted by atomic mass is 19.1. The summed E-state index contributed by atoms with van der Waals surface area (Å²) < 4.78 is 12.9. The molecule has 2 rings (SSSR count). The average Bonchev–Trinajstić information content (AvgIpc) is 2.26. The number of amides is 1. The van der Waals surface area contributed by atoms with Gasteiger partial charge in [0.05, 0.1) is 6.04 Å². The van der Waals surface area contributed by atoms with E-state index in [2.05, 4.69) is 5.32 Å². The van der Waals surface area contributed by atoms with Gasteiger partial charge in [0.2, 0.25) is 5.91 Å². The second-order valence-electron chi connectivity index (χ2n) is 5.01. The molecule has 0 spiro atoms. The van der Waals surface area contributed by atoms with Gasteiger partial charge in [-0.1, -0.05) is 18.6 Å². The van der Waals surface area contributed by atoms with Gasteiger partial charge in [-0.25, -0.2) is 4.39 Å². The Balaban J connectivity index is 2.14. The van der Waals surface area contributed by atoms with E-state index in [0.717, 1.165) is 18.4 Å². The van der Waals surface area contributed by atoms with Crippen LogP contribution in [0.5, 0.6) is 0 Å². The molecule has 0 radical (unpaired) electrons. The van der Waals surface area contributed by atoms with Crippen molar-refractivity contribution >= 4 is 5.91 Å². The predicted octanol–water partition coefficient (Wildman–Crippen LogP) is 2.13. The maximum atomic E-state index is 12.9. The first-order chi connectivity index (χ1) is 8.58. The van der Waals surface area contributed by atoms with Crippen LogP contribution >= 0.6 is 0 Å². The molecule has 1 aromatic carbocycles. The highest BCUT2D eigenvalue weighted by molar-refractivity contribution is 5.79. The molecule has 0 bridgehead atoms. The molecular weight excluding hydrogens is 231 g/mol. The number of nitrogens with two attached hydrogens (primary N) is 1. The standard InChI is InChI=1S/C14H19FN2O/c1-9(14(16)18)17-13(10-3-2-4-10)11-5-7-12(15)8-6-11/h5-10,13,17H,2-4H2,1H3,(H2,16,18)/t9-,13+/m1/s1. The Morgan fingerprint density at radius 2 is 2.00 bits per heavy atom. The molecule has 18 heavy (non-hydrogen) atoms. The molecule has 0 aromatic heterocycles. The molecule has 2 atom stereocenters. The van der Waals surface area contributed by atoms with Crippen molar-refractivity contribution in [3.05, 3.63) is 35.6 Å². The van der Waals surface area contributed by atoms with Gasteiger partial charge >= 0.3 is 0 Å². The van der Waals surface area contributed by atoms with E-state index < -0.39 is 0 Å². The first kappa shape index (κ1) is 13.0. The number of carbonyl (C=O) groups excluding carboxylic acids is 1. The molecule has 3 N–H and O–H groups in total. The van der Waals surface area contributed by atoms with Crippen LogP contribution in [0.4, 0.5) is 4.39 Å². The predicted molar refractivity (Wildman–Crippen MR) is 68.3 cm³/mol. The van der Waals surface area contributed by atoms with E-state index in [1.807, 2.05) is 0 Å². The summed E-state index contributed by atoms with van der Waals surface area (Å²) in [6.07, 6.45) is 3.50. The summed E-state index contributed by atoms with van der Waals surface area (Å²) in [4.78, 5) is 11.1. The van der Waals surface area contributed by atoms with E-state index in [1.54, 1.807) is 19.1 Å². The lowest BCUT2D eigenvalue weighted by Gasteiger charge is -2.36. The molecule has 98 valence electrons. The summed E-state index contributed by atoms with van der Waals surface area (Å²) in [5.41, 5.74) is 6.31. The first-order valence-electron chi connectivity index (χ1n) is 6.39. The van der Waals surface area contributed by atoms with E-state index >= 15 is 0 Å². The molecule has 1 saturated carbocycles. The summed E-state index contributed by atoms with van der Waals surface area (Å²) in [5.74, 6) is -0.0900. The largest absolute Gasteiger partial charge is 0.368 e. The van der Waals surface area contributed by atoms with Crippen molar-refractivity contribution in [2.24, 2.45) is 11.7 Å². The number of nitrogens with one attached hydrogen (secondary N) is 1. The molecule has 1 aliphatic rings. The summed E-state index contributed by atoms with van der Waals surface area (Å²) in [6, 6.07) is 6.18. The SMILES string of the molecule is C[C@@H](N[C@H](c1ccc(F)cc1)C1CCC1)C(N)=O. The van der Waals surface area contributed by atoms with Crippen LogP contribution in [0.2, 0.25) is 0 Å². The topological polar surface area (TPSA) is 55.1 Å². The summed E-state index contributed by atoms with van der Waals surface area (Å²) in [5, 5.41) is 3.26. The molecule has 1 aliphatic carbocycles. The van der Waals surface area contributed by atoms with Crippen LogP contribution in [0.15, 0.2) is 24.3 Å². The summed E-state index contributed by atoms with van der Waals surface area (Å²) >= 11 is 0. The Hall–Kier alpha value is -1.42. The van der Waals surface area contributed by atoms with Crippen LogP contribution in [0, 0.1) is 11.7 Å². The van der Waals surface area contributed by atoms with Gasteiger partial charge in [-0.15, -0.1) is 0 Å². The Morgan fingerprint density at radius 3 is 2.44 bits per heavy atom. The van der Waals surface area contributed by atoms with Crippen molar-refractivity contribution in [1.82, 2.24) is 5.32 Å². The van der Waals surface area contributed by atoms with Gasteiger partial charge in [-0.3, -0.25) is 10.1 Å². The van der Waals surface area contributed by atoms with Crippen LogP contribution in [0.1, 0.15) is 37.8 Å². The molecular formula is C14H19FN2O. The lowest BCUT2D eigenvalue weighted by molar-refractivity contribution is -0.120. The van der Waals surface area contributed by atoms with Crippen molar-refractivity contribution in [1.29, 1.82) is 0 Å². The molecule has 0 unspecified atom stereocenters. The van der Waals surface area contributed by atoms with Crippen LogP contribution in [-0.2, 0) is 4.79 Å². The lowest BCUT2D eigenvalue weighted by Crippen LogP contribution is -2.44. The molecule has 0 saturated heterocycles. The minimum Gasteiger partial charge on any atom is -0.368 e. The average molecular weight is 250 g/mol. The van der Waals surface area contributed by atoms with Crippen molar-refractivity contribution in [2.45, 2.75) is 38.3 Å². The Labute approximate surface area is 107 Å². The maximum Gasteiger partial charge on any atom is 0.234 e. The highest BCUT2D eigenvalue weighted by Gasteiger charge is 2.30. The zero-order valence-electron chi connectivity index (χ0n) is 10.5. The van der Waals surface area contributed by atoms with Crippen molar-refractivity contribution < 1.29 is 9.18 Å². The number of halogens is 1. The third-order valence-electron chi connectivity index (χ3n) is 3.71. The molecule has 4 heteroatoms. The first-order valence-corrected chi connectivity index (χ1v) is 6.39. The number of benzene rings is 1. The fourth-order valence-electron chi connectivity index (χ4n) is 2.30. The maximum absolute atomic E-state index is 12.9. The van der Waals surface area contributed by atoms with Gasteiger partial charge < -0.3 is 5.73 Å². The zero-order chi connectivity index (χ0) is 13.1. The minimum atomic E-state index is -0.374. The fraction of sp³-hybridized carbons (Fsp3) is 0.500. The van der Waals surface area contributed by atoms with Gasteiger partial charge in [0, 0.05) is 6.04 Å². The number of rotatable bonds is 5. The van der Waals surface area contributed by atoms with Crippen molar-refractivity contribution in [3.8, 4) is 0 Å².